The smallest absolute Gasteiger partial charge is 0.204 e. The standard InChI is InChI=1S/C19H13N5S/c1-2-4-12(5-3-1)10-16-15-8-9-25-18(15)14-7-6-13(11-17(14)20-16)19-21-23-24-22-19/h1-9,11H,10H2,(H,21,22,23,24). The second kappa shape index (κ2) is 5.75. The number of aromatic nitrogens is 5. The Hall–Kier alpha value is -3.12. The minimum Gasteiger partial charge on any atom is -0.252 e. The number of rotatable bonds is 3. The quantitative estimate of drug-likeness (QED) is 0.532. The van der Waals surface area contributed by atoms with Crippen molar-refractivity contribution >= 4 is 32.3 Å². The normalized spacial score (nSPS) is 11.4. The Balaban J connectivity index is 1.71. The van der Waals surface area contributed by atoms with Crippen molar-refractivity contribution in [3.05, 3.63) is 71.2 Å². The number of thiophene rings is 1. The van der Waals surface area contributed by atoms with Crippen molar-refractivity contribution < 1.29 is 0 Å². The Labute approximate surface area is 147 Å². The van der Waals surface area contributed by atoms with Gasteiger partial charge in [-0.15, -0.1) is 21.5 Å². The van der Waals surface area contributed by atoms with Crippen molar-refractivity contribution in [1.82, 2.24) is 25.6 Å². The van der Waals surface area contributed by atoms with E-state index in [0.29, 0.717) is 5.82 Å². The molecule has 6 heteroatoms. The van der Waals surface area contributed by atoms with E-state index in [0.717, 1.165) is 28.6 Å². The molecule has 5 aromatic rings. The van der Waals surface area contributed by atoms with Crippen molar-refractivity contribution in [1.29, 1.82) is 0 Å². The minimum atomic E-state index is 0.583. The third kappa shape index (κ3) is 2.47. The Kier molecular flexibility index (Phi) is 3.28. The maximum absolute atomic E-state index is 4.96. The maximum Gasteiger partial charge on any atom is 0.204 e. The highest BCUT2D eigenvalue weighted by Gasteiger charge is 2.12. The lowest BCUT2D eigenvalue weighted by atomic mass is 10.0. The number of aromatic amines is 1. The zero-order chi connectivity index (χ0) is 16.6. The van der Waals surface area contributed by atoms with Crippen LogP contribution in [0.5, 0.6) is 0 Å². The van der Waals surface area contributed by atoms with Gasteiger partial charge in [0, 0.05) is 27.5 Å². The molecule has 0 amide bonds. The van der Waals surface area contributed by atoms with Gasteiger partial charge in [-0.1, -0.05) is 42.5 Å². The van der Waals surface area contributed by atoms with Gasteiger partial charge >= 0.3 is 0 Å². The second-order valence-corrected chi connectivity index (χ2v) is 6.77. The van der Waals surface area contributed by atoms with Crippen LogP contribution in [0.25, 0.3) is 32.4 Å². The van der Waals surface area contributed by atoms with Crippen LogP contribution in [0.4, 0.5) is 0 Å². The van der Waals surface area contributed by atoms with Crippen molar-refractivity contribution in [3.63, 3.8) is 0 Å². The summed E-state index contributed by atoms with van der Waals surface area (Å²) < 4.78 is 1.27. The van der Waals surface area contributed by atoms with Gasteiger partial charge in [-0.2, -0.15) is 5.21 Å². The molecule has 0 fully saturated rings. The van der Waals surface area contributed by atoms with Gasteiger partial charge in [-0.05, 0) is 28.3 Å². The Bertz CT molecular complexity index is 1160. The molecule has 120 valence electrons. The van der Waals surface area contributed by atoms with Crippen LogP contribution in [0.15, 0.2) is 60.0 Å². The number of hydrogen-bond acceptors (Lipinski definition) is 5. The molecule has 3 heterocycles. The molecule has 0 saturated carbocycles. The lowest BCUT2D eigenvalue weighted by Crippen LogP contribution is -1.94. The first-order valence-electron chi connectivity index (χ1n) is 7.96. The summed E-state index contributed by atoms with van der Waals surface area (Å²) in [4.78, 5) is 4.96. The number of benzene rings is 2. The number of tetrazole rings is 1. The lowest BCUT2D eigenvalue weighted by molar-refractivity contribution is 0.881. The predicted octanol–water partition coefficient (Wildman–Crippen LogP) is 4.22. The molecule has 0 bridgehead atoms. The first kappa shape index (κ1) is 14.2. The van der Waals surface area contributed by atoms with Crippen LogP contribution in [-0.2, 0) is 6.42 Å². The molecule has 0 aliphatic carbocycles. The van der Waals surface area contributed by atoms with Gasteiger partial charge in [-0.3, -0.25) is 4.98 Å². The second-order valence-electron chi connectivity index (χ2n) is 5.85. The first-order valence-corrected chi connectivity index (χ1v) is 8.84. The SMILES string of the molecule is c1ccc(Cc2nc3cc(-c4nn[nH]n4)ccc3c3sccc23)cc1. The molecule has 0 saturated heterocycles. The maximum atomic E-state index is 4.96. The van der Waals surface area contributed by atoms with E-state index in [1.807, 2.05) is 18.2 Å². The molecule has 5 rings (SSSR count). The van der Waals surface area contributed by atoms with E-state index in [4.69, 9.17) is 4.98 Å². The van der Waals surface area contributed by atoms with Gasteiger partial charge in [0.05, 0.1) is 11.2 Å². The van der Waals surface area contributed by atoms with Crippen LogP contribution in [0.2, 0.25) is 0 Å². The summed E-state index contributed by atoms with van der Waals surface area (Å²) in [6.07, 6.45) is 0.816. The fourth-order valence-electron chi connectivity index (χ4n) is 3.11. The van der Waals surface area contributed by atoms with Gasteiger partial charge in [-0.25, -0.2) is 0 Å². The number of pyridine rings is 1. The number of hydrogen-bond donors (Lipinski definition) is 1. The average Bonchev–Trinajstić information content (AvgIpc) is 3.34. The zero-order valence-electron chi connectivity index (χ0n) is 13.2. The van der Waals surface area contributed by atoms with E-state index in [-0.39, 0.29) is 0 Å². The fraction of sp³-hybridized carbons (Fsp3) is 0.0526. The summed E-state index contributed by atoms with van der Waals surface area (Å²) in [6.45, 7) is 0. The topological polar surface area (TPSA) is 67.3 Å². The summed E-state index contributed by atoms with van der Waals surface area (Å²) in [5.41, 5.74) is 4.23. The Morgan fingerprint density at radius 1 is 0.960 bits per heavy atom. The Morgan fingerprint density at radius 2 is 1.88 bits per heavy atom. The molecule has 0 spiro atoms. The van der Waals surface area contributed by atoms with E-state index in [1.165, 1.54) is 15.6 Å². The molecule has 0 aliphatic rings. The van der Waals surface area contributed by atoms with Crippen LogP contribution >= 0.6 is 11.3 Å². The molecular weight excluding hydrogens is 330 g/mol. The van der Waals surface area contributed by atoms with Crippen LogP contribution in [0, 0.1) is 0 Å². The molecule has 0 aliphatic heterocycles. The third-order valence-electron chi connectivity index (χ3n) is 4.29. The fourth-order valence-corrected chi connectivity index (χ4v) is 4.07. The van der Waals surface area contributed by atoms with Crippen LogP contribution in [-0.4, -0.2) is 25.6 Å². The van der Waals surface area contributed by atoms with Gasteiger partial charge in [0.25, 0.3) is 0 Å². The lowest BCUT2D eigenvalue weighted by Gasteiger charge is -2.08. The van der Waals surface area contributed by atoms with E-state index in [2.05, 4.69) is 62.4 Å². The molecule has 25 heavy (non-hydrogen) atoms. The molecule has 0 unspecified atom stereocenters. The van der Waals surface area contributed by atoms with E-state index < -0.39 is 0 Å². The zero-order valence-corrected chi connectivity index (χ0v) is 14.0. The monoisotopic (exact) mass is 343 g/mol. The summed E-state index contributed by atoms with van der Waals surface area (Å²) in [6, 6.07) is 18.8. The molecule has 2 aromatic carbocycles. The van der Waals surface area contributed by atoms with Crippen molar-refractivity contribution in [2.24, 2.45) is 0 Å². The third-order valence-corrected chi connectivity index (χ3v) is 5.24. The number of nitrogens with one attached hydrogen (secondary N) is 1. The molecule has 0 radical (unpaired) electrons. The van der Waals surface area contributed by atoms with Gasteiger partial charge < -0.3 is 0 Å². The molecule has 0 atom stereocenters. The van der Waals surface area contributed by atoms with Crippen LogP contribution in [0.1, 0.15) is 11.3 Å². The van der Waals surface area contributed by atoms with Crippen molar-refractivity contribution in [3.8, 4) is 11.4 Å². The number of nitrogens with zero attached hydrogens (tertiary/aromatic N) is 4. The molecule has 1 N–H and O–H groups in total. The molecular formula is C19H13N5S. The van der Waals surface area contributed by atoms with E-state index >= 15 is 0 Å². The van der Waals surface area contributed by atoms with Gasteiger partial charge in [0.2, 0.25) is 5.82 Å². The predicted molar refractivity (Wildman–Crippen MR) is 99.5 cm³/mol. The number of H-pyrrole nitrogens is 1. The molecule has 5 nitrogen and oxygen atoms in total. The van der Waals surface area contributed by atoms with Crippen molar-refractivity contribution in [2.45, 2.75) is 6.42 Å². The average molecular weight is 343 g/mol. The van der Waals surface area contributed by atoms with Crippen LogP contribution in [0.3, 0.4) is 0 Å². The summed E-state index contributed by atoms with van der Waals surface area (Å²) >= 11 is 1.76. The Morgan fingerprint density at radius 3 is 2.72 bits per heavy atom. The highest BCUT2D eigenvalue weighted by Crippen LogP contribution is 2.33. The minimum absolute atomic E-state index is 0.583. The highest BCUT2D eigenvalue weighted by molar-refractivity contribution is 7.18. The van der Waals surface area contributed by atoms with E-state index in [9.17, 15) is 0 Å². The summed E-state index contributed by atoms with van der Waals surface area (Å²) in [7, 11) is 0. The highest BCUT2D eigenvalue weighted by atomic mass is 32.1. The number of fused-ring (bicyclic) bond motifs is 3. The van der Waals surface area contributed by atoms with E-state index in [1.54, 1.807) is 11.3 Å². The summed E-state index contributed by atoms with van der Waals surface area (Å²) in [5.74, 6) is 0.583. The van der Waals surface area contributed by atoms with Gasteiger partial charge in [0.15, 0.2) is 0 Å². The van der Waals surface area contributed by atoms with Gasteiger partial charge in [0.1, 0.15) is 0 Å². The molecule has 3 aromatic heterocycles. The largest absolute Gasteiger partial charge is 0.252 e. The first-order chi connectivity index (χ1) is 12.4. The van der Waals surface area contributed by atoms with Crippen LogP contribution < -0.4 is 0 Å². The summed E-state index contributed by atoms with van der Waals surface area (Å²) in [5, 5.41) is 18.8. The van der Waals surface area contributed by atoms with Crippen molar-refractivity contribution in [2.75, 3.05) is 0 Å².